The van der Waals surface area contributed by atoms with Crippen LogP contribution in [-0.2, 0) is 43.5 Å². The van der Waals surface area contributed by atoms with Crippen molar-refractivity contribution in [2.24, 2.45) is 5.41 Å². The number of carbonyl (C=O) groups excluding carboxylic acids is 2. The Balaban J connectivity index is 2.38. The molecule has 7 nitrogen and oxygen atoms in total. The lowest BCUT2D eigenvalue weighted by Gasteiger charge is -2.51. The van der Waals surface area contributed by atoms with Crippen molar-refractivity contribution < 1.29 is 32.7 Å². The molecule has 3 rings (SSSR count). The van der Waals surface area contributed by atoms with Crippen LogP contribution in [-0.4, -0.2) is 39.4 Å². The Bertz CT molecular complexity index is 1060. The molecule has 0 aromatic heterocycles. The minimum atomic E-state index is -3.65. The summed E-state index contributed by atoms with van der Waals surface area (Å²) in [7, 11) is -1.13. The van der Waals surface area contributed by atoms with Crippen molar-refractivity contribution in [3.8, 4) is 0 Å². The van der Waals surface area contributed by atoms with E-state index in [1.54, 1.807) is 13.8 Å². The lowest BCUT2D eigenvalue weighted by atomic mass is 9.52. The number of ether oxygens (including phenoxy) is 2. The van der Waals surface area contributed by atoms with E-state index in [1.807, 2.05) is 25.1 Å². The third kappa shape index (κ3) is 4.30. The Kier molecular flexibility index (Phi) is 7.33. The zero-order valence-electron chi connectivity index (χ0n) is 21.1. The van der Waals surface area contributed by atoms with Crippen molar-refractivity contribution in [2.45, 2.75) is 58.3 Å². The highest BCUT2D eigenvalue weighted by Gasteiger charge is 2.60. The summed E-state index contributed by atoms with van der Waals surface area (Å²) < 4.78 is 34.9. The monoisotopic (exact) mass is 490 g/mol. The van der Waals surface area contributed by atoms with Crippen molar-refractivity contribution in [3.05, 3.63) is 58.4 Å². The molecule has 2 aliphatic rings. The second-order valence-electron chi connectivity index (χ2n) is 9.61. The van der Waals surface area contributed by atoms with Crippen molar-refractivity contribution in [2.75, 3.05) is 27.4 Å². The third-order valence-corrected chi connectivity index (χ3v) is 8.76. The summed E-state index contributed by atoms with van der Waals surface area (Å²) in [5.74, 6) is 0.111. The first kappa shape index (κ1) is 26.4. The largest absolute Gasteiger partial charge is 0.468 e. The van der Waals surface area contributed by atoms with Gasteiger partial charge in [-0.25, -0.2) is 0 Å². The van der Waals surface area contributed by atoms with Gasteiger partial charge in [0.15, 0.2) is 5.41 Å². The summed E-state index contributed by atoms with van der Waals surface area (Å²) in [6.07, 6.45) is 2.27. The lowest BCUT2D eigenvalue weighted by Crippen LogP contribution is -2.52. The number of hydrogen-bond donors (Lipinski definition) is 0. The molecule has 1 atom stereocenters. The first-order valence-corrected chi connectivity index (χ1v) is 13.1. The highest BCUT2D eigenvalue weighted by molar-refractivity contribution is 7.57. The van der Waals surface area contributed by atoms with Gasteiger partial charge in [0.25, 0.3) is 0 Å². The van der Waals surface area contributed by atoms with E-state index in [0.29, 0.717) is 5.57 Å². The van der Waals surface area contributed by atoms with Gasteiger partial charge in [-0.15, -0.1) is 0 Å². The molecule has 1 aromatic carbocycles. The molecule has 0 amide bonds. The highest BCUT2D eigenvalue weighted by Crippen LogP contribution is 2.61. The zero-order chi connectivity index (χ0) is 25.4. The predicted octanol–water partition coefficient (Wildman–Crippen LogP) is 5.44. The number of hydrogen-bond acceptors (Lipinski definition) is 7. The SMILES string of the molecule is CCOP(=O)(/C=C1\CC(C(=O)OC)(C(=O)OC)CC2(C)C1=CC(C)(C)c1ccccc12)OCC. The minimum absolute atomic E-state index is 0.0316. The molecule has 1 aromatic rings. The van der Waals surface area contributed by atoms with E-state index in [4.69, 9.17) is 18.5 Å². The number of methoxy groups -OCH3 is 2. The smallest absolute Gasteiger partial charge is 0.354 e. The van der Waals surface area contributed by atoms with Crippen LogP contribution in [0.4, 0.5) is 0 Å². The van der Waals surface area contributed by atoms with Crippen molar-refractivity contribution >= 4 is 19.5 Å². The van der Waals surface area contributed by atoms with Crippen LogP contribution in [0.2, 0.25) is 0 Å². The molecule has 2 aliphatic carbocycles. The molecule has 0 N–H and O–H groups in total. The average Bonchev–Trinajstić information content (AvgIpc) is 2.79. The summed E-state index contributed by atoms with van der Waals surface area (Å²) >= 11 is 0. The molecule has 1 unspecified atom stereocenters. The van der Waals surface area contributed by atoms with Crippen LogP contribution in [0.3, 0.4) is 0 Å². The summed E-state index contributed by atoms with van der Waals surface area (Å²) in [6.45, 7) is 10.1. The van der Waals surface area contributed by atoms with E-state index in [1.165, 1.54) is 20.0 Å². The second-order valence-corrected chi connectivity index (χ2v) is 11.5. The minimum Gasteiger partial charge on any atom is -0.468 e. The quantitative estimate of drug-likeness (QED) is 0.286. The van der Waals surface area contributed by atoms with Gasteiger partial charge >= 0.3 is 19.5 Å². The van der Waals surface area contributed by atoms with Crippen molar-refractivity contribution in [1.29, 1.82) is 0 Å². The van der Waals surface area contributed by atoms with E-state index in [2.05, 4.69) is 26.0 Å². The van der Waals surface area contributed by atoms with Gasteiger partial charge < -0.3 is 18.5 Å². The number of carbonyl (C=O) groups is 2. The molecule has 1 saturated carbocycles. The maximum absolute atomic E-state index is 13.6. The van der Waals surface area contributed by atoms with E-state index in [-0.39, 0.29) is 31.5 Å². The molecule has 0 bridgehead atoms. The number of fused-ring (bicyclic) bond motifs is 3. The highest BCUT2D eigenvalue weighted by atomic mass is 31.2. The summed E-state index contributed by atoms with van der Waals surface area (Å²) in [6, 6.07) is 8.02. The molecule has 186 valence electrons. The second kappa shape index (κ2) is 9.44. The maximum atomic E-state index is 13.6. The zero-order valence-corrected chi connectivity index (χ0v) is 22.0. The van der Waals surface area contributed by atoms with Crippen LogP contribution >= 0.6 is 7.60 Å². The lowest BCUT2D eigenvalue weighted by molar-refractivity contribution is -0.171. The normalized spacial score (nSPS) is 24.0. The Hall–Kier alpha value is -2.21. The number of esters is 2. The molecule has 0 heterocycles. The third-order valence-electron chi connectivity index (χ3n) is 6.89. The van der Waals surface area contributed by atoms with Gasteiger partial charge in [0.2, 0.25) is 0 Å². The van der Waals surface area contributed by atoms with Crippen LogP contribution < -0.4 is 0 Å². The first-order chi connectivity index (χ1) is 15.9. The van der Waals surface area contributed by atoms with Gasteiger partial charge in [-0.2, -0.15) is 0 Å². The Morgan fingerprint density at radius 3 is 2.00 bits per heavy atom. The average molecular weight is 491 g/mol. The number of allylic oxidation sites excluding steroid dienone is 3. The van der Waals surface area contributed by atoms with Crippen LogP contribution in [0.1, 0.15) is 58.6 Å². The fourth-order valence-electron chi connectivity index (χ4n) is 5.53. The maximum Gasteiger partial charge on any atom is 0.354 e. The van der Waals surface area contributed by atoms with Gasteiger partial charge in [-0.05, 0) is 49.0 Å². The van der Waals surface area contributed by atoms with Crippen LogP contribution in [0.25, 0.3) is 0 Å². The standard InChI is InChI=1S/C26H35O7P/c1-8-32-34(29,33-9-2)16-18-14-26(22(27)30-6,23(28)31-7)17-25(5)20-13-11-10-12-19(20)24(3,4)15-21(18)25/h10-13,15-16H,8-9,14,17H2,1-7H3/b18-16+. The van der Waals surface area contributed by atoms with E-state index >= 15 is 0 Å². The predicted molar refractivity (Wildman–Crippen MR) is 130 cm³/mol. The molecule has 8 heteroatoms. The molecule has 34 heavy (non-hydrogen) atoms. The topological polar surface area (TPSA) is 88.1 Å². The summed E-state index contributed by atoms with van der Waals surface area (Å²) in [5, 5.41) is 0. The van der Waals surface area contributed by atoms with Crippen molar-refractivity contribution in [3.63, 3.8) is 0 Å². The van der Waals surface area contributed by atoms with E-state index in [0.717, 1.165) is 16.7 Å². The van der Waals surface area contributed by atoms with Gasteiger partial charge in [-0.3, -0.25) is 14.2 Å². The molecular formula is C26H35O7P. The number of rotatable bonds is 7. The fraction of sp³-hybridized carbons (Fsp3) is 0.538. The van der Waals surface area contributed by atoms with Crippen LogP contribution in [0.5, 0.6) is 0 Å². The fourth-order valence-corrected chi connectivity index (χ4v) is 7.09. The van der Waals surface area contributed by atoms with E-state index < -0.39 is 30.4 Å². The number of benzene rings is 1. The summed E-state index contributed by atoms with van der Waals surface area (Å²) in [4.78, 5) is 26.4. The Morgan fingerprint density at radius 1 is 0.971 bits per heavy atom. The molecule has 0 aliphatic heterocycles. The van der Waals surface area contributed by atoms with Crippen LogP contribution in [0, 0.1) is 5.41 Å². The summed E-state index contributed by atoms with van der Waals surface area (Å²) in [5.41, 5.74) is 0.882. The van der Waals surface area contributed by atoms with Gasteiger partial charge in [0.05, 0.1) is 27.4 Å². The van der Waals surface area contributed by atoms with E-state index in [9.17, 15) is 14.2 Å². The van der Waals surface area contributed by atoms with Gasteiger partial charge in [0.1, 0.15) is 0 Å². The first-order valence-electron chi connectivity index (χ1n) is 11.5. The van der Waals surface area contributed by atoms with Crippen LogP contribution in [0.15, 0.2) is 47.3 Å². The molecule has 0 saturated heterocycles. The molecular weight excluding hydrogens is 455 g/mol. The molecule has 1 fully saturated rings. The van der Waals surface area contributed by atoms with Gasteiger partial charge in [0, 0.05) is 16.6 Å². The van der Waals surface area contributed by atoms with Gasteiger partial charge in [-0.1, -0.05) is 51.1 Å². The molecule has 0 radical (unpaired) electrons. The Labute approximate surface area is 202 Å². The Morgan fingerprint density at radius 2 is 1.50 bits per heavy atom. The van der Waals surface area contributed by atoms with Crippen molar-refractivity contribution in [1.82, 2.24) is 0 Å². The molecule has 0 spiro atoms.